The lowest BCUT2D eigenvalue weighted by molar-refractivity contribution is -0.274. The van der Waals surface area contributed by atoms with E-state index in [4.69, 9.17) is 11.6 Å². The second-order valence-corrected chi connectivity index (χ2v) is 10.1. The van der Waals surface area contributed by atoms with E-state index in [1.165, 1.54) is 12.1 Å². The zero-order valence-electron chi connectivity index (χ0n) is 22.9. The summed E-state index contributed by atoms with van der Waals surface area (Å²) in [6, 6.07) is 16.7. The van der Waals surface area contributed by atoms with Crippen molar-refractivity contribution in [3.8, 4) is 5.75 Å². The van der Waals surface area contributed by atoms with Crippen LogP contribution in [0.25, 0.3) is 10.9 Å². The van der Waals surface area contributed by atoms with Crippen LogP contribution >= 0.6 is 11.6 Å². The minimum atomic E-state index is -4.86. The van der Waals surface area contributed by atoms with E-state index in [0.717, 1.165) is 17.6 Å². The lowest BCUT2D eigenvalue weighted by Gasteiger charge is -2.12. The van der Waals surface area contributed by atoms with Gasteiger partial charge in [-0.2, -0.15) is 0 Å². The van der Waals surface area contributed by atoms with Crippen LogP contribution in [0.5, 0.6) is 5.75 Å². The van der Waals surface area contributed by atoms with Crippen molar-refractivity contribution in [1.29, 1.82) is 0 Å². The molecule has 1 aromatic heterocycles. The lowest BCUT2D eigenvalue weighted by Crippen LogP contribution is -2.27. The second-order valence-electron chi connectivity index (χ2n) is 9.72. The molecule has 0 atom stereocenters. The Balaban J connectivity index is 1.52. The molecule has 0 bridgehead atoms. The van der Waals surface area contributed by atoms with Crippen LogP contribution in [0.3, 0.4) is 0 Å². The summed E-state index contributed by atoms with van der Waals surface area (Å²) in [4.78, 5) is 38.1. The summed E-state index contributed by atoms with van der Waals surface area (Å²) in [5.74, 6) is -1.72. The maximum Gasteiger partial charge on any atom is 0.573 e. The van der Waals surface area contributed by atoms with Crippen molar-refractivity contribution in [1.82, 2.24) is 9.88 Å². The Kier molecular flexibility index (Phi) is 9.11. The number of amides is 3. The monoisotopic (exact) mass is 600 g/mol. The molecular formula is C30H28ClF3N4O4. The van der Waals surface area contributed by atoms with E-state index in [9.17, 15) is 27.6 Å². The number of carbonyl (C=O) groups is 3. The van der Waals surface area contributed by atoms with Crippen molar-refractivity contribution in [3.05, 3.63) is 88.6 Å². The van der Waals surface area contributed by atoms with Crippen molar-refractivity contribution in [2.45, 2.75) is 40.2 Å². The molecule has 3 amide bonds. The molecule has 0 saturated heterocycles. The van der Waals surface area contributed by atoms with Crippen LogP contribution in [0.4, 0.5) is 24.5 Å². The molecule has 42 heavy (non-hydrogen) atoms. The Morgan fingerprint density at radius 1 is 0.929 bits per heavy atom. The number of hydrogen-bond acceptors (Lipinski definition) is 4. The third-order valence-corrected chi connectivity index (χ3v) is 6.63. The SMILES string of the molecule is CCn1c(C(=O)Nc2cccc(OC(F)(F)F)c2)cc2cc(NC(=O)c3cc(CNC(=O)C(C)C)ccc3Cl)ccc21. The van der Waals surface area contributed by atoms with Crippen LogP contribution < -0.4 is 20.7 Å². The first-order valence-electron chi connectivity index (χ1n) is 13.0. The van der Waals surface area contributed by atoms with Crippen molar-refractivity contribution in [2.75, 3.05) is 10.6 Å². The summed E-state index contributed by atoms with van der Waals surface area (Å²) >= 11 is 6.29. The molecule has 0 saturated carbocycles. The van der Waals surface area contributed by atoms with Gasteiger partial charge in [-0.15, -0.1) is 13.2 Å². The Bertz CT molecular complexity index is 1650. The number of rotatable bonds is 9. The number of aromatic nitrogens is 1. The van der Waals surface area contributed by atoms with Crippen molar-refractivity contribution in [3.63, 3.8) is 0 Å². The van der Waals surface area contributed by atoms with Gasteiger partial charge in [0.15, 0.2) is 0 Å². The highest BCUT2D eigenvalue weighted by Crippen LogP contribution is 2.28. The Hall–Kier alpha value is -4.51. The number of nitrogens with zero attached hydrogens (tertiary/aromatic N) is 1. The van der Waals surface area contributed by atoms with Gasteiger partial charge in [0.25, 0.3) is 11.8 Å². The van der Waals surface area contributed by atoms with Crippen molar-refractivity contribution in [2.24, 2.45) is 5.92 Å². The predicted molar refractivity (Wildman–Crippen MR) is 155 cm³/mol. The van der Waals surface area contributed by atoms with Gasteiger partial charge in [-0.3, -0.25) is 14.4 Å². The summed E-state index contributed by atoms with van der Waals surface area (Å²) in [6.07, 6.45) is -4.86. The first kappa shape index (κ1) is 30.4. The summed E-state index contributed by atoms with van der Waals surface area (Å²) < 4.78 is 43.4. The number of hydrogen-bond donors (Lipinski definition) is 3. The number of aryl methyl sites for hydroxylation is 1. The smallest absolute Gasteiger partial charge is 0.406 e. The minimum Gasteiger partial charge on any atom is -0.406 e. The largest absolute Gasteiger partial charge is 0.573 e. The van der Waals surface area contributed by atoms with Crippen LogP contribution in [-0.4, -0.2) is 28.7 Å². The summed E-state index contributed by atoms with van der Waals surface area (Å²) in [6.45, 7) is 6.10. The standard InChI is InChI=1S/C30H28ClF3N4O4/c1-4-38-25-11-9-21(36-28(40)23-12-18(8-10-24(23)31)16-35-27(39)17(2)3)13-19(25)14-26(38)29(41)37-20-6-5-7-22(15-20)42-30(32,33)34/h5-15,17H,4,16H2,1-3H3,(H,35,39)(H,36,40)(H,37,41). The Labute approximate surface area is 244 Å². The molecule has 220 valence electrons. The summed E-state index contributed by atoms with van der Waals surface area (Å²) in [5, 5.41) is 9.13. The molecule has 3 aromatic carbocycles. The average Bonchev–Trinajstić information content (AvgIpc) is 3.29. The van der Waals surface area contributed by atoms with Gasteiger partial charge in [-0.05, 0) is 61.0 Å². The van der Waals surface area contributed by atoms with Gasteiger partial charge >= 0.3 is 6.36 Å². The van der Waals surface area contributed by atoms with Crippen LogP contribution in [0.1, 0.15) is 47.2 Å². The maximum absolute atomic E-state index is 13.1. The first-order valence-corrected chi connectivity index (χ1v) is 13.4. The van der Waals surface area contributed by atoms with Crippen molar-refractivity contribution < 1.29 is 32.3 Å². The van der Waals surface area contributed by atoms with Gasteiger partial charge in [-0.25, -0.2) is 0 Å². The van der Waals surface area contributed by atoms with Crippen molar-refractivity contribution >= 4 is 51.6 Å². The maximum atomic E-state index is 13.1. The summed E-state index contributed by atoms with van der Waals surface area (Å²) in [5.41, 5.74) is 2.52. The molecule has 1 heterocycles. The minimum absolute atomic E-state index is 0.111. The number of nitrogens with one attached hydrogen (secondary N) is 3. The average molecular weight is 601 g/mol. The van der Waals surface area contributed by atoms with Gasteiger partial charge in [0.05, 0.1) is 10.6 Å². The fourth-order valence-corrected chi connectivity index (χ4v) is 4.50. The fourth-order valence-electron chi connectivity index (χ4n) is 4.29. The second kappa shape index (κ2) is 12.6. The number of alkyl halides is 3. The number of fused-ring (bicyclic) bond motifs is 1. The molecule has 0 aliphatic carbocycles. The number of halogens is 4. The van der Waals surface area contributed by atoms with Gasteiger partial charge in [0.1, 0.15) is 11.4 Å². The third kappa shape index (κ3) is 7.41. The van der Waals surface area contributed by atoms with E-state index in [2.05, 4.69) is 20.7 Å². The van der Waals surface area contributed by atoms with E-state index in [1.807, 2.05) is 6.92 Å². The van der Waals surface area contributed by atoms with E-state index in [1.54, 1.807) is 60.9 Å². The normalized spacial score (nSPS) is 11.4. The molecule has 4 rings (SSSR count). The molecule has 0 radical (unpaired) electrons. The van der Waals surface area contributed by atoms with Gasteiger partial charge in [-0.1, -0.05) is 37.6 Å². The molecule has 0 spiro atoms. The number of ether oxygens (including phenoxy) is 1. The van der Waals surface area contributed by atoms with Crippen LogP contribution in [0.2, 0.25) is 5.02 Å². The highest BCUT2D eigenvalue weighted by Gasteiger charge is 2.31. The highest BCUT2D eigenvalue weighted by atomic mass is 35.5. The molecule has 0 aliphatic rings. The molecule has 12 heteroatoms. The third-order valence-electron chi connectivity index (χ3n) is 6.30. The topological polar surface area (TPSA) is 101 Å². The lowest BCUT2D eigenvalue weighted by atomic mass is 10.1. The van der Waals surface area contributed by atoms with Crippen LogP contribution in [0.15, 0.2) is 66.7 Å². The molecule has 4 aromatic rings. The number of carbonyl (C=O) groups excluding carboxylic acids is 3. The molecule has 3 N–H and O–H groups in total. The van der Waals surface area contributed by atoms with Crippen LogP contribution in [-0.2, 0) is 17.9 Å². The zero-order valence-corrected chi connectivity index (χ0v) is 23.7. The number of benzene rings is 3. The highest BCUT2D eigenvalue weighted by molar-refractivity contribution is 6.34. The van der Waals surface area contributed by atoms with Gasteiger partial charge in [0, 0.05) is 47.4 Å². The van der Waals surface area contributed by atoms with E-state index >= 15 is 0 Å². The molecule has 0 unspecified atom stereocenters. The van der Waals surface area contributed by atoms with Gasteiger partial charge < -0.3 is 25.3 Å². The van der Waals surface area contributed by atoms with Gasteiger partial charge in [0.2, 0.25) is 5.91 Å². The van der Waals surface area contributed by atoms with E-state index in [-0.39, 0.29) is 40.3 Å². The molecule has 0 fully saturated rings. The first-order chi connectivity index (χ1) is 19.8. The molecule has 8 nitrogen and oxygen atoms in total. The fraction of sp³-hybridized carbons (Fsp3) is 0.233. The predicted octanol–water partition coefficient (Wildman–Crippen LogP) is 6.99. The number of anilines is 2. The van der Waals surface area contributed by atoms with Crippen LogP contribution in [0, 0.1) is 5.92 Å². The summed E-state index contributed by atoms with van der Waals surface area (Å²) in [7, 11) is 0. The molecular weight excluding hydrogens is 573 g/mol. The van der Waals surface area contributed by atoms with E-state index < -0.39 is 23.9 Å². The zero-order chi connectivity index (χ0) is 30.6. The Morgan fingerprint density at radius 3 is 2.33 bits per heavy atom. The quantitative estimate of drug-likeness (QED) is 0.193. The molecule has 0 aliphatic heterocycles. The Morgan fingerprint density at radius 2 is 1.64 bits per heavy atom. The van der Waals surface area contributed by atoms with E-state index in [0.29, 0.717) is 23.2 Å².